The van der Waals surface area contributed by atoms with Crippen molar-refractivity contribution in [3.05, 3.63) is 0 Å². The van der Waals surface area contributed by atoms with Crippen molar-refractivity contribution < 1.29 is 13.5 Å². The smallest absolute Gasteiger partial charge is 0.216 e. The topological polar surface area (TPSA) is 66.4 Å². The van der Waals surface area contributed by atoms with Gasteiger partial charge >= 0.3 is 0 Å². The zero-order chi connectivity index (χ0) is 11.6. The highest BCUT2D eigenvalue weighted by atomic mass is 32.2. The molecule has 0 aliphatic carbocycles. The average Bonchev–Trinajstić information content (AvgIpc) is 1.97. The Labute approximate surface area is 86.8 Å². The largest absolute Gasteiger partial charge is 0.391 e. The summed E-state index contributed by atoms with van der Waals surface area (Å²) >= 11 is 0. The van der Waals surface area contributed by atoms with Crippen molar-refractivity contribution >= 4 is 10.0 Å². The van der Waals surface area contributed by atoms with Crippen LogP contribution in [0.2, 0.25) is 0 Å². The van der Waals surface area contributed by atoms with E-state index in [4.69, 9.17) is 0 Å². The molecule has 0 aromatic carbocycles. The van der Waals surface area contributed by atoms with Crippen molar-refractivity contribution in [2.45, 2.75) is 45.5 Å². The zero-order valence-corrected chi connectivity index (χ0v) is 10.4. The highest BCUT2D eigenvalue weighted by Crippen LogP contribution is 2.13. The quantitative estimate of drug-likeness (QED) is 0.738. The zero-order valence-electron chi connectivity index (χ0n) is 9.53. The van der Waals surface area contributed by atoms with Gasteiger partial charge in [-0.05, 0) is 26.7 Å². The van der Waals surface area contributed by atoms with E-state index in [0.29, 0.717) is 0 Å². The fourth-order valence-electron chi connectivity index (χ4n) is 0.647. The van der Waals surface area contributed by atoms with Crippen molar-refractivity contribution in [3.8, 4) is 0 Å². The fourth-order valence-corrected chi connectivity index (χ4v) is 1.47. The molecule has 0 bridgehead atoms. The maximum absolute atomic E-state index is 11.6. The third-order valence-corrected chi connectivity index (χ3v) is 4.22. The number of hydrogen-bond donors (Lipinski definition) is 2. The van der Waals surface area contributed by atoms with Crippen molar-refractivity contribution in [2.24, 2.45) is 5.92 Å². The number of rotatable bonds is 4. The Hall–Kier alpha value is -0.130. The number of nitrogens with one attached hydrogen (secondary N) is 1. The first kappa shape index (κ1) is 13.9. The monoisotopic (exact) mass is 223 g/mol. The second-order valence-electron chi connectivity index (χ2n) is 4.78. The van der Waals surface area contributed by atoms with Crippen LogP contribution < -0.4 is 4.72 Å². The van der Waals surface area contributed by atoms with E-state index in [0.717, 1.165) is 0 Å². The molecule has 0 fully saturated rings. The minimum Gasteiger partial charge on any atom is -0.391 e. The molecule has 0 saturated heterocycles. The number of sulfonamides is 1. The van der Waals surface area contributed by atoms with Crippen LogP contribution in [0.5, 0.6) is 0 Å². The molecule has 0 aliphatic heterocycles. The minimum absolute atomic E-state index is 0.0534. The summed E-state index contributed by atoms with van der Waals surface area (Å²) in [6, 6.07) is 0. The standard InChI is InChI=1S/C9H21NO3S/c1-7(2)8(11)6-10-14(12,13)9(3,4)5/h7-8,10-11H,6H2,1-5H3. The number of aliphatic hydroxyl groups excluding tert-OH is 1. The molecule has 0 rings (SSSR count). The summed E-state index contributed by atoms with van der Waals surface area (Å²) in [5, 5.41) is 9.43. The van der Waals surface area contributed by atoms with Gasteiger partial charge in [0.15, 0.2) is 0 Å². The van der Waals surface area contributed by atoms with Crippen LogP contribution in [0.1, 0.15) is 34.6 Å². The number of hydrogen-bond acceptors (Lipinski definition) is 3. The fraction of sp³-hybridized carbons (Fsp3) is 1.00. The summed E-state index contributed by atoms with van der Waals surface area (Å²) in [7, 11) is -3.34. The summed E-state index contributed by atoms with van der Waals surface area (Å²) in [6.07, 6.45) is -0.632. The summed E-state index contributed by atoms with van der Waals surface area (Å²) in [4.78, 5) is 0. The van der Waals surface area contributed by atoms with Crippen LogP contribution >= 0.6 is 0 Å². The van der Waals surface area contributed by atoms with Crippen LogP contribution in [0.25, 0.3) is 0 Å². The van der Waals surface area contributed by atoms with E-state index in [-0.39, 0.29) is 12.5 Å². The van der Waals surface area contributed by atoms with Crippen LogP contribution in [-0.4, -0.2) is 30.9 Å². The third kappa shape index (κ3) is 3.94. The van der Waals surface area contributed by atoms with Crippen LogP contribution in [0.3, 0.4) is 0 Å². The Morgan fingerprint density at radius 2 is 1.71 bits per heavy atom. The average molecular weight is 223 g/mol. The van der Waals surface area contributed by atoms with E-state index in [1.165, 1.54) is 0 Å². The Kier molecular flexibility index (Phi) is 4.55. The van der Waals surface area contributed by atoms with Crippen LogP contribution in [0.15, 0.2) is 0 Å². The van der Waals surface area contributed by atoms with Gasteiger partial charge in [-0.1, -0.05) is 13.8 Å². The van der Waals surface area contributed by atoms with Gasteiger partial charge in [-0.2, -0.15) is 0 Å². The molecule has 1 unspecified atom stereocenters. The van der Waals surface area contributed by atoms with E-state index >= 15 is 0 Å². The maximum atomic E-state index is 11.6. The van der Waals surface area contributed by atoms with E-state index < -0.39 is 20.9 Å². The lowest BCUT2D eigenvalue weighted by molar-refractivity contribution is 0.129. The Morgan fingerprint density at radius 1 is 1.29 bits per heavy atom. The first-order valence-corrected chi connectivity index (χ1v) is 6.23. The lowest BCUT2D eigenvalue weighted by atomic mass is 10.1. The molecule has 14 heavy (non-hydrogen) atoms. The molecule has 5 heteroatoms. The molecule has 0 saturated carbocycles. The SMILES string of the molecule is CC(C)C(O)CNS(=O)(=O)C(C)(C)C. The predicted molar refractivity (Wildman–Crippen MR) is 57.5 cm³/mol. The lowest BCUT2D eigenvalue weighted by Gasteiger charge is -2.22. The van der Waals surface area contributed by atoms with E-state index in [1.807, 2.05) is 13.8 Å². The summed E-state index contributed by atoms with van der Waals surface area (Å²) in [6.45, 7) is 8.63. The molecule has 0 aromatic heterocycles. The molecular formula is C9H21NO3S. The first-order valence-electron chi connectivity index (χ1n) is 4.75. The Bertz CT molecular complexity index is 264. The molecule has 0 aromatic rings. The predicted octanol–water partition coefficient (Wildman–Crippen LogP) is 0.721. The molecule has 2 N–H and O–H groups in total. The Balaban J connectivity index is 4.29. The van der Waals surface area contributed by atoms with Gasteiger partial charge in [0.1, 0.15) is 0 Å². The molecule has 0 radical (unpaired) electrons. The van der Waals surface area contributed by atoms with Gasteiger partial charge in [-0.3, -0.25) is 0 Å². The summed E-state index contributed by atoms with van der Waals surface area (Å²) in [5.41, 5.74) is 0. The van der Waals surface area contributed by atoms with E-state index in [1.54, 1.807) is 20.8 Å². The van der Waals surface area contributed by atoms with Gasteiger partial charge < -0.3 is 5.11 Å². The third-order valence-electron chi connectivity index (χ3n) is 2.06. The lowest BCUT2D eigenvalue weighted by Crippen LogP contribution is -2.43. The number of aliphatic hydroxyl groups is 1. The molecule has 0 heterocycles. The van der Waals surface area contributed by atoms with Crippen LogP contribution in [0.4, 0.5) is 0 Å². The molecule has 4 nitrogen and oxygen atoms in total. The van der Waals surface area contributed by atoms with Gasteiger partial charge in [-0.15, -0.1) is 0 Å². The van der Waals surface area contributed by atoms with Crippen molar-refractivity contribution in [1.29, 1.82) is 0 Å². The van der Waals surface area contributed by atoms with Gasteiger partial charge in [0.2, 0.25) is 10.0 Å². The van der Waals surface area contributed by atoms with Crippen molar-refractivity contribution in [3.63, 3.8) is 0 Å². The summed E-state index contributed by atoms with van der Waals surface area (Å²) < 4.78 is 24.7. The van der Waals surface area contributed by atoms with E-state index in [9.17, 15) is 13.5 Å². The van der Waals surface area contributed by atoms with Gasteiger partial charge in [-0.25, -0.2) is 13.1 Å². The highest BCUT2D eigenvalue weighted by molar-refractivity contribution is 7.90. The van der Waals surface area contributed by atoms with E-state index in [2.05, 4.69) is 4.72 Å². The molecule has 1 atom stereocenters. The molecule has 0 amide bonds. The second kappa shape index (κ2) is 4.59. The van der Waals surface area contributed by atoms with Gasteiger partial charge in [0.05, 0.1) is 10.9 Å². The van der Waals surface area contributed by atoms with Gasteiger partial charge in [0, 0.05) is 6.54 Å². The van der Waals surface area contributed by atoms with Crippen LogP contribution in [0, 0.1) is 5.92 Å². The molecule has 86 valence electrons. The highest BCUT2D eigenvalue weighted by Gasteiger charge is 2.29. The van der Waals surface area contributed by atoms with Crippen LogP contribution in [-0.2, 0) is 10.0 Å². The normalized spacial score (nSPS) is 15.9. The molecular weight excluding hydrogens is 202 g/mol. The minimum atomic E-state index is -3.34. The Morgan fingerprint density at radius 3 is 2.00 bits per heavy atom. The molecule has 0 spiro atoms. The van der Waals surface area contributed by atoms with Gasteiger partial charge in [0.25, 0.3) is 0 Å². The second-order valence-corrected chi connectivity index (χ2v) is 7.30. The summed E-state index contributed by atoms with van der Waals surface area (Å²) in [5.74, 6) is 0.0534. The van der Waals surface area contributed by atoms with Crippen molar-refractivity contribution in [2.75, 3.05) is 6.54 Å². The maximum Gasteiger partial charge on any atom is 0.216 e. The molecule has 0 aliphatic rings. The van der Waals surface area contributed by atoms with Crippen molar-refractivity contribution in [1.82, 2.24) is 4.72 Å². The first-order chi connectivity index (χ1) is 6.08.